The Morgan fingerprint density at radius 1 is 1.21 bits per heavy atom. The second kappa shape index (κ2) is 5.28. The number of hydrogen-bond acceptors (Lipinski definition) is 3. The average molecular weight is 277 g/mol. The molecule has 19 heavy (non-hydrogen) atoms. The number of carbonyl (C=O) groups is 1. The van der Waals surface area contributed by atoms with Gasteiger partial charge in [0.05, 0.1) is 0 Å². The van der Waals surface area contributed by atoms with Crippen LogP contribution in [0.3, 0.4) is 0 Å². The van der Waals surface area contributed by atoms with Crippen LogP contribution < -0.4 is 5.32 Å². The molecule has 2 N–H and O–H groups in total. The van der Waals surface area contributed by atoms with E-state index in [0.29, 0.717) is 16.3 Å². The smallest absolute Gasteiger partial charge is 0.333 e. The molecule has 0 amide bonds. The minimum absolute atomic E-state index is 0.603. The maximum Gasteiger partial charge on any atom is 0.333 e. The van der Waals surface area contributed by atoms with Gasteiger partial charge in [0.1, 0.15) is 0 Å². The van der Waals surface area contributed by atoms with Crippen molar-refractivity contribution in [1.29, 1.82) is 0 Å². The summed E-state index contributed by atoms with van der Waals surface area (Å²) in [6, 6.07) is 10.3. The maximum atomic E-state index is 11.6. The molecule has 1 aromatic heterocycles. The van der Waals surface area contributed by atoms with Crippen molar-refractivity contribution < 1.29 is 9.90 Å². The van der Waals surface area contributed by atoms with Crippen molar-refractivity contribution in [2.45, 2.75) is 12.5 Å². The number of aromatic nitrogens is 1. The van der Waals surface area contributed by atoms with Crippen LogP contribution in [-0.4, -0.2) is 16.1 Å². The number of nitrogens with zero attached hydrogens (tertiary/aromatic N) is 1. The Labute approximate surface area is 116 Å². The van der Waals surface area contributed by atoms with Crippen LogP contribution in [0.2, 0.25) is 5.02 Å². The number of nitrogens with one attached hydrogen (secondary N) is 1. The first-order valence-electron chi connectivity index (χ1n) is 5.70. The number of carboxylic acids is 1. The Hall–Kier alpha value is -2.07. The molecule has 5 heteroatoms. The van der Waals surface area contributed by atoms with Gasteiger partial charge in [-0.3, -0.25) is 4.98 Å². The molecular weight excluding hydrogens is 264 g/mol. The van der Waals surface area contributed by atoms with E-state index in [2.05, 4.69) is 10.3 Å². The molecule has 0 aliphatic heterocycles. The molecule has 1 unspecified atom stereocenters. The van der Waals surface area contributed by atoms with Gasteiger partial charge in [0.25, 0.3) is 0 Å². The Balaban J connectivity index is 2.36. The van der Waals surface area contributed by atoms with Crippen LogP contribution >= 0.6 is 11.6 Å². The third kappa shape index (κ3) is 2.85. The van der Waals surface area contributed by atoms with Gasteiger partial charge in [-0.25, -0.2) is 4.79 Å². The van der Waals surface area contributed by atoms with Crippen LogP contribution in [-0.2, 0) is 10.3 Å². The minimum Gasteiger partial charge on any atom is -0.479 e. The first-order chi connectivity index (χ1) is 9.02. The minimum atomic E-state index is -1.23. The Morgan fingerprint density at radius 2 is 1.79 bits per heavy atom. The Morgan fingerprint density at radius 3 is 2.32 bits per heavy atom. The molecule has 0 fully saturated rings. The summed E-state index contributed by atoms with van der Waals surface area (Å²) in [5, 5.41) is 13.1. The number of hydrogen-bond donors (Lipinski definition) is 2. The SMILES string of the molecule is CC(Nc1ccc(Cl)cc1)(C(=O)O)c1ccncc1. The van der Waals surface area contributed by atoms with Crippen molar-refractivity contribution in [2.75, 3.05) is 5.32 Å². The number of halogens is 1. The van der Waals surface area contributed by atoms with Gasteiger partial charge in [0, 0.05) is 23.1 Å². The molecule has 98 valence electrons. The van der Waals surface area contributed by atoms with Crippen LogP contribution in [0, 0.1) is 0 Å². The monoisotopic (exact) mass is 276 g/mol. The summed E-state index contributed by atoms with van der Waals surface area (Å²) in [5.41, 5.74) is 0.0904. The molecule has 0 saturated carbocycles. The molecule has 0 saturated heterocycles. The maximum absolute atomic E-state index is 11.6. The van der Waals surface area contributed by atoms with Crippen LogP contribution in [0.5, 0.6) is 0 Å². The van der Waals surface area contributed by atoms with Gasteiger partial charge in [0.15, 0.2) is 5.54 Å². The molecule has 0 aliphatic carbocycles. The van der Waals surface area contributed by atoms with Crippen molar-refractivity contribution in [3.05, 3.63) is 59.4 Å². The summed E-state index contributed by atoms with van der Waals surface area (Å²) in [5.74, 6) is -0.964. The first kappa shape index (κ1) is 13.4. The van der Waals surface area contributed by atoms with Gasteiger partial charge < -0.3 is 10.4 Å². The topological polar surface area (TPSA) is 62.2 Å². The van der Waals surface area contributed by atoms with Gasteiger partial charge >= 0.3 is 5.97 Å². The van der Waals surface area contributed by atoms with E-state index in [1.165, 1.54) is 0 Å². The number of rotatable bonds is 4. The number of aliphatic carboxylic acids is 1. The van der Waals surface area contributed by atoms with E-state index in [9.17, 15) is 9.90 Å². The fourth-order valence-electron chi connectivity index (χ4n) is 1.76. The molecule has 2 aromatic rings. The van der Waals surface area contributed by atoms with E-state index >= 15 is 0 Å². The lowest BCUT2D eigenvalue weighted by atomic mass is 9.92. The van der Waals surface area contributed by atoms with Gasteiger partial charge in [-0.05, 0) is 48.9 Å². The summed E-state index contributed by atoms with van der Waals surface area (Å²) in [7, 11) is 0. The van der Waals surface area contributed by atoms with Gasteiger partial charge in [-0.15, -0.1) is 0 Å². The summed E-state index contributed by atoms with van der Waals surface area (Å²) in [6.45, 7) is 1.61. The lowest BCUT2D eigenvalue weighted by Crippen LogP contribution is -2.40. The van der Waals surface area contributed by atoms with E-state index in [1.807, 2.05) is 0 Å². The molecule has 0 radical (unpaired) electrons. The summed E-state index contributed by atoms with van der Waals surface area (Å²) >= 11 is 5.81. The van der Waals surface area contributed by atoms with Crippen molar-refractivity contribution in [1.82, 2.24) is 4.98 Å². The normalized spacial score (nSPS) is 13.6. The average Bonchev–Trinajstić information content (AvgIpc) is 2.42. The van der Waals surface area contributed by atoms with Crippen molar-refractivity contribution >= 4 is 23.3 Å². The van der Waals surface area contributed by atoms with Crippen LogP contribution in [0.1, 0.15) is 12.5 Å². The van der Waals surface area contributed by atoms with Gasteiger partial charge in [0.2, 0.25) is 0 Å². The fraction of sp³-hybridized carbons (Fsp3) is 0.143. The first-order valence-corrected chi connectivity index (χ1v) is 6.08. The summed E-state index contributed by atoms with van der Waals surface area (Å²) < 4.78 is 0. The number of benzene rings is 1. The number of anilines is 1. The Bertz CT molecular complexity index is 572. The van der Waals surface area contributed by atoms with E-state index in [1.54, 1.807) is 55.7 Å². The van der Waals surface area contributed by atoms with Crippen molar-refractivity contribution in [3.8, 4) is 0 Å². The lowest BCUT2D eigenvalue weighted by molar-refractivity contribution is -0.142. The third-order valence-corrected chi connectivity index (χ3v) is 3.18. The van der Waals surface area contributed by atoms with E-state index < -0.39 is 11.5 Å². The second-order valence-electron chi connectivity index (χ2n) is 4.30. The highest BCUT2D eigenvalue weighted by Gasteiger charge is 2.35. The summed E-state index contributed by atoms with van der Waals surface area (Å²) in [4.78, 5) is 15.5. The van der Waals surface area contributed by atoms with Crippen LogP contribution in [0.15, 0.2) is 48.8 Å². The van der Waals surface area contributed by atoms with Crippen molar-refractivity contribution in [2.24, 2.45) is 0 Å². The Kier molecular flexibility index (Phi) is 3.71. The molecule has 0 bridgehead atoms. The molecule has 0 aliphatic rings. The van der Waals surface area contributed by atoms with Crippen molar-refractivity contribution in [3.63, 3.8) is 0 Å². The zero-order valence-corrected chi connectivity index (χ0v) is 11.1. The quantitative estimate of drug-likeness (QED) is 0.900. The largest absolute Gasteiger partial charge is 0.479 e. The third-order valence-electron chi connectivity index (χ3n) is 2.92. The molecule has 1 aromatic carbocycles. The zero-order valence-electron chi connectivity index (χ0n) is 10.3. The standard InChI is InChI=1S/C14H13ClN2O2/c1-14(13(18)19,10-6-8-16-9-7-10)17-12-4-2-11(15)3-5-12/h2-9,17H,1H3,(H,18,19). The van der Waals surface area contributed by atoms with Crippen LogP contribution in [0.4, 0.5) is 5.69 Å². The lowest BCUT2D eigenvalue weighted by Gasteiger charge is -2.27. The molecule has 2 rings (SSSR count). The fourth-order valence-corrected chi connectivity index (χ4v) is 1.88. The number of carboxylic acid groups (broad SMARTS) is 1. The highest BCUT2D eigenvalue weighted by Crippen LogP contribution is 2.26. The second-order valence-corrected chi connectivity index (χ2v) is 4.73. The van der Waals surface area contributed by atoms with Crippen LogP contribution in [0.25, 0.3) is 0 Å². The highest BCUT2D eigenvalue weighted by atomic mass is 35.5. The highest BCUT2D eigenvalue weighted by molar-refractivity contribution is 6.30. The molecule has 1 atom stereocenters. The van der Waals surface area contributed by atoms with Gasteiger partial charge in [-0.2, -0.15) is 0 Å². The molecule has 4 nitrogen and oxygen atoms in total. The van der Waals surface area contributed by atoms with E-state index in [4.69, 9.17) is 11.6 Å². The summed E-state index contributed by atoms with van der Waals surface area (Å²) in [6.07, 6.45) is 3.14. The molecular formula is C14H13ClN2O2. The predicted octanol–water partition coefficient (Wildman–Crippen LogP) is 3.15. The van der Waals surface area contributed by atoms with E-state index in [-0.39, 0.29) is 0 Å². The van der Waals surface area contributed by atoms with Gasteiger partial charge in [-0.1, -0.05) is 11.6 Å². The number of pyridine rings is 1. The zero-order chi connectivity index (χ0) is 13.9. The predicted molar refractivity (Wildman–Crippen MR) is 74.3 cm³/mol. The molecule has 1 heterocycles. The molecule has 0 spiro atoms. The van der Waals surface area contributed by atoms with E-state index in [0.717, 1.165) is 0 Å².